The largest absolute Gasteiger partial charge is 0.357 e. The number of likely N-dealkylation sites (tertiary alicyclic amines) is 1. The van der Waals surface area contributed by atoms with Gasteiger partial charge in [0, 0.05) is 37.9 Å². The highest BCUT2D eigenvalue weighted by Crippen LogP contribution is 2.33. The zero-order valence-corrected chi connectivity index (χ0v) is 15.6. The van der Waals surface area contributed by atoms with Gasteiger partial charge in [-0.25, -0.2) is 9.37 Å². The van der Waals surface area contributed by atoms with Crippen LogP contribution in [-0.2, 0) is 0 Å². The van der Waals surface area contributed by atoms with E-state index < -0.39 is 0 Å². The second kappa shape index (κ2) is 8.07. The van der Waals surface area contributed by atoms with Crippen LogP contribution in [0.15, 0.2) is 48.7 Å². The van der Waals surface area contributed by atoms with Gasteiger partial charge >= 0.3 is 0 Å². The molecule has 0 atom stereocenters. The zero-order valence-electron chi connectivity index (χ0n) is 15.6. The number of rotatable bonds is 3. The van der Waals surface area contributed by atoms with Gasteiger partial charge in [0.1, 0.15) is 11.6 Å². The molecule has 1 aromatic heterocycles. The number of benzene rings is 1. The molecule has 4 rings (SSSR count). The molecule has 0 bridgehead atoms. The molecule has 2 aromatic rings. The van der Waals surface area contributed by atoms with Crippen molar-refractivity contribution in [2.75, 3.05) is 31.1 Å². The quantitative estimate of drug-likeness (QED) is 0.823. The summed E-state index contributed by atoms with van der Waals surface area (Å²) in [6.45, 7) is 3.75. The molecule has 2 fully saturated rings. The minimum absolute atomic E-state index is 0.0263. The minimum atomic E-state index is -0.303. The van der Waals surface area contributed by atoms with Crippen LogP contribution >= 0.6 is 0 Å². The molecule has 2 saturated heterocycles. The first-order valence-electron chi connectivity index (χ1n) is 9.91. The second-order valence-electron chi connectivity index (χ2n) is 7.65. The smallest absolute Gasteiger partial charge is 0.253 e. The molecule has 1 amide bonds. The Morgan fingerprint density at radius 2 is 1.52 bits per heavy atom. The molecule has 0 spiro atoms. The van der Waals surface area contributed by atoms with E-state index in [0.717, 1.165) is 50.8 Å². The number of hydrogen-bond donors (Lipinski definition) is 0. The third kappa shape index (κ3) is 4.12. The number of pyridine rings is 1. The molecule has 0 saturated carbocycles. The highest BCUT2D eigenvalue weighted by molar-refractivity contribution is 5.94. The maximum absolute atomic E-state index is 13.1. The molecule has 0 aliphatic carbocycles. The Hall–Kier alpha value is -2.43. The van der Waals surface area contributed by atoms with Gasteiger partial charge < -0.3 is 9.80 Å². The highest BCUT2D eigenvalue weighted by atomic mass is 19.1. The van der Waals surface area contributed by atoms with E-state index in [4.69, 9.17) is 0 Å². The Balaban J connectivity index is 1.27. The monoisotopic (exact) mass is 367 g/mol. The van der Waals surface area contributed by atoms with Crippen molar-refractivity contribution in [3.8, 4) is 0 Å². The average molecular weight is 367 g/mol. The van der Waals surface area contributed by atoms with E-state index in [0.29, 0.717) is 11.5 Å². The number of carbonyl (C=O) groups is 1. The number of carbonyl (C=O) groups excluding carboxylic acids is 1. The van der Waals surface area contributed by atoms with Crippen molar-refractivity contribution in [2.45, 2.75) is 25.7 Å². The van der Waals surface area contributed by atoms with E-state index >= 15 is 0 Å². The molecule has 5 heteroatoms. The number of hydrogen-bond acceptors (Lipinski definition) is 3. The van der Waals surface area contributed by atoms with Gasteiger partial charge in [-0.05, 0) is 73.9 Å². The lowest BCUT2D eigenvalue weighted by molar-refractivity contribution is 0.0645. The molecular formula is C22H26FN3O. The first-order chi connectivity index (χ1) is 13.2. The van der Waals surface area contributed by atoms with Crippen LogP contribution in [0.4, 0.5) is 10.2 Å². The molecule has 3 heterocycles. The number of aromatic nitrogens is 1. The lowest BCUT2D eigenvalue weighted by Gasteiger charge is -2.40. The Bertz CT molecular complexity index is 749. The minimum Gasteiger partial charge on any atom is -0.357 e. The second-order valence-corrected chi connectivity index (χ2v) is 7.65. The summed E-state index contributed by atoms with van der Waals surface area (Å²) < 4.78 is 13.1. The van der Waals surface area contributed by atoms with Crippen molar-refractivity contribution in [3.63, 3.8) is 0 Å². The van der Waals surface area contributed by atoms with Crippen molar-refractivity contribution < 1.29 is 9.18 Å². The number of nitrogens with zero attached hydrogens (tertiary/aromatic N) is 3. The molecule has 0 N–H and O–H groups in total. The first-order valence-corrected chi connectivity index (χ1v) is 9.91. The first kappa shape index (κ1) is 18.0. The average Bonchev–Trinajstić information content (AvgIpc) is 2.75. The number of anilines is 1. The summed E-state index contributed by atoms with van der Waals surface area (Å²) in [5.41, 5.74) is 0.582. The predicted molar refractivity (Wildman–Crippen MR) is 104 cm³/mol. The molecule has 2 aliphatic rings. The molecule has 27 heavy (non-hydrogen) atoms. The van der Waals surface area contributed by atoms with E-state index in [1.807, 2.05) is 23.2 Å². The van der Waals surface area contributed by atoms with Crippen molar-refractivity contribution in [1.82, 2.24) is 9.88 Å². The molecule has 2 aliphatic heterocycles. The van der Waals surface area contributed by atoms with Crippen LogP contribution in [0.1, 0.15) is 36.0 Å². The maximum Gasteiger partial charge on any atom is 0.253 e. The van der Waals surface area contributed by atoms with Gasteiger partial charge in [0.2, 0.25) is 0 Å². The normalized spacial score (nSPS) is 19.3. The number of amides is 1. The molecule has 0 unspecified atom stereocenters. The third-order valence-corrected chi connectivity index (χ3v) is 6.10. The molecule has 0 radical (unpaired) electrons. The SMILES string of the molecule is O=C(c1ccc(F)cc1)N1CCC(C2CCN(c3ccccn3)CC2)CC1. The fourth-order valence-electron chi connectivity index (χ4n) is 4.49. The van der Waals surface area contributed by atoms with Crippen molar-refractivity contribution >= 4 is 11.7 Å². The fourth-order valence-corrected chi connectivity index (χ4v) is 4.49. The summed E-state index contributed by atoms with van der Waals surface area (Å²) in [4.78, 5) is 21.3. The van der Waals surface area contributed by atoms with Crippen LogP contribution in [0.25, 0.3) is 0 Å². The van der Waals surface area contributed by atoms with E-state index in [9.17, 15) is 9.18 Å². The summed E-state index contributed by atoms with van der Waals surface area (Å²) in [5, 5.41) is 0. The lowest BCUT2D eigenvalue weighted by Crippen LogP contribution is -2.43. The van der Waals surface area contributed by atoms with Crippen molar-refractivity contribution in [1.29, 1.82) is 0 Å². The van der Waals surface area contributed by atoms with Crippen LogP contribution in [-0.4, -0.2) is 42.0 Å². The maximum atomic E-state index is 13.1. The van der Waals surface area contributed by atoms with Crippen LogP contribution in [0.5, 0.6) is 0 Å². The van der Waals surface area contributed by atoms with Crippen LogP contribution in [0, 0.1) is 17.7 Å². The van der Waals surface area contributed by atoms with E-state index in [2.05, 4.69) is 16.0 Å². The Kier molecular flexibility index (Phi) is 5.37. The van der Waals surface area contributed by atoms with E-state index in [1.165, 1.54) is 25.0 Å². The summed E-state index contributed by atoms with van der Waals surface area (Å²) in [6, 6.07) is 12.0. The Labute approximate surface area is 160 Å². The van der Waals surface area contributed by atoms with Gasteiger partial charge in [-0.15, -0.1) is 0 Å². The molecule has 4 nitrogen and oxygen atoms in total. The molecule has 1 aromatic carbocycles. The number of halogens is 1. The van der Waals surface area contributed by atoms with Gasteiger partial charge in [0.25, 0.3) is 5.91 Å². The molecule has 142 valence electrons. The zero-order chi connectivity index (χ0) is 18.6. The number of piperidine rings is 2. The van der Waals surface area contributed by atoms with Crippen molar-refractivity contribution in [3.05, 3.63) is 60.0 Å². The van der Waals surface area contributed by atoms with E-state index in [-0.39, 0.29) is 11.7 Å². The molecular weight excluding hydrogens is 341 g/mol. The van der Waals surface area contributed by atoms with Gasteiger partial charge in [0.15, 0.2) is 0 Å². The van der Waals surface area contributed by atoms with Gasteiger partial charge in [-0.3, -0.25) is 4.79 Å². The third-order valence-electron chi connectivity index (χ3n) is 6.10. The highest BCUT2D eigenvalue weighted by Gasteiger charge is 2.31. The summed E-state index contributed by atoms with van der Waals surface area (Å²) >= 11 is 0. The van der Waals surface area contributed by atoms with Crippen LogP contribution in [0.2, 0.25) is 0 Å². The Morgan fingerprint density at radius 1 is 0.889 bits per heavy atom. The van der Waals surface area contributed by atoms with Gasteiger partial charge in [0.05, 0.1) is 0 Å². The van der Waals surface area contributed by atoms with E-state index in [1.54, 1.807) is 12.1 Å². The van der Waals surface area contributed by atoms with Crippen molar-refractivity contribution in [2.24, 2.45) is 11.8 Å². The fraction of sp³-hybridized carbons (Fsp3) is 0.455. The topological polar surface area (TPSA) is 36.4 Å². The van der Waals surface area contributed by atoms with Crippen LogP contribution < -0.4 is 4.90 Å². The summed E-state index contributed by atoms with van der Waals surface area (Å²) in [5.74, 6) is 2.25. The van der Waals surface area contributed by atoms with Crippen LogP contribution in [0.3, 0.4) is 0 Å². The predicted octanol–water partition coefficient (Wildman–Crippen LogP) is 3.99. The Morgan fingerprint density at radius 3 is 2.11 bits per heavy atom. The summed E-state index contributed by atoms with van der Waals surface area (Å²) in [7, 11) is 0. The standard InChI is InChI=1S/C22H26FN3O/c23-20-6-4-19(5-7-20)22(27)26-15-10-18(11-16-26)17-8-13-25(14-9-17)21-3-1-2-12-24-21/h1-7,12,17-18H,8-11,13-16H2. The summed E-state index contributed by atoms with van der Waals surface area (Å²) in [6.07, 6.45) is 6.40. The van der Waals surface area contributed by atoms with Gasteiger partial charge in [-0.2, -0.15) is 0 Å². The van der Waals surface area contributed by atoms with Gasteiger partial charge in [-0.1, -0.05) is 6.07 Å². The lowest BCUT2D eigenvalue weighted by atomic mass is 9.78.